The molecule has 1 aromatic heterocycles. The minimum Gasteiger partial charge on any atom is -0.444 e. The number of para-hydroxylation sites is 1. The van der Waals surface area contributed by atoms with Gasteiger partial charge in [-0.3, -0.25) is 5.32 Å². The standard InChI is InChI=1S/C16H16F4N2O2/c1-16(2,3)24-15(23)22-11-10(13(17)18)8-6-4-5-7-9(8)21-12(11)14(19)20/h4-7,13-14H,1-3H3,(H,22,23). The van der Waals surface area contributed by atoms with Gasteiger partial charge in [0.15, 0.2) is 0 Å². The van der Waals surface area contributed by atoms with Crippen LogP contribution in [0.1, 0.15) is 44.9 Å². The van der Waals surface area contributed by atoms with Crippen LogP contribution in [0.4, 0.5) is 28.0 Å². The Kier molecular flexibility index (Phi) is 4.96. The van der Waals surface area contributed by atoms with Crippen LogP contribution in [0, 0.1) is 0 Å². The molecule has 4 nitrogen and oxygen atoms in total. The first-order valence-electron chi connectivity index (χ1n) is 7.09. The summed E-state index contributed by atoms with van der Waals surface area (Å²) in [6.45, 7) is 4.69. The number of carbonyl (C=O) groups excluding carboxylic acids is 1. The van der Waals surface area contributed by atoms with E-state index in [2.05, 4.69) is 4.98 Å². The third kappa shape index (κ3) is 3.93. The molecule has 1 amide bonds. The number of benzene rings is 1. The van der Waals surface area contributed by atoms with Crippen LogP contribution in [0.25, 0.3) is 10.9 Å². The number of pyridine rings is 1. The van der Waals surface area contributed by atoms with Crippen molar-refractivity contribution in [2.24, 2.45) is 0 Å². The summed E-state index contributed by atoms with van der Waals surface area (Å²) >= 11 is 0. The molecule has 0 fully saturated rings. The molecule has 2 aromatic rings. The second-order valence-corrected chi connectivity index (χ2v) is 6.03. The Bertz CT molecular complexity index is 758. The first-order valence-corrected chi connectivity index (χ1v) is 7.09. The molecule has 0 radical (unpaired) electrons. The van der Waals surface area contributed by atoms with E-state index in [1.54, 1.807) is 20.8 Å². The maximum absolute atomic E-state index is 13.5. The molecule has 0 unspecified atom stereocenters. The monoisotopic (exact) mass is 344 g/mol. The van der Waals surface area contributed by atoms with Crippen LogP contribution in [0.3, 0.4) is 0 Å². The number of nitrogens with one attached hydrogen (secondary N) is 1. The molecule has 0 aliphatic heterocycles. The fourth-order valence-corrected chi connectivity index (χ4v) is 2.18. The maximum atomic E-state index is 13.5. The van der Waals surface area contributed by atoms with Gasteiger partial charge in [-0.25, -0.2) is 27.3 Å². The van der Waals surface area contributed by atoms with E-state index in [1.807, 2.05) is 5.32 Å². The zero-order valence-electron chi connectivity index (χ0n) is 13.2. The van der Waals surface area contributed by atoms with Crippen LogP contribution in [-0.4, -0.2) is 16.7 Å². The van der Waals surface area contributed by atoms with Crippen molar-refractivity contribution in [2.45, 2.75) is 39.2 Å². The van der Waals surface area contributed by atoms with E-state index in [0.29, 0.717) is 0 Å². The molecule has 0 aliphatic rings. The maximum Gasteiger partial charge on any atom is 0.412 e. The molecular formula is C16H16F4N2O2. The summed E-state index contributed by atoms with van der Waals surface area (Å²) < 4.78 is 58.6. The van der Waals surface area contributed by atoms with Crippen LogP contribution in [0.5, 0.6) is 0 Å². The number of alkyl halides is 4. The van der Waals surface area contributed by atoms with E-state index < -0.39 is 41.5 Å². The summed E-state index contributed by atoms with van der Waals surface area (Å²) in [5, 5.41) is 2.00. The average Bonchev–Trinajstić information content (AvgIpc) is 2.43. The van der Waals surface area contributed by atoms with Crippen LogP contribution in [0.15, 0.2) is 24.3 Å². The van der Waals surface area contributed by atoms with E-state index in [4.69, 9.17) is 4.74 Å². The Hall–Kier alpha value is -2.38. The minimum absolute atomic E-state index is 0.00200. The quantitative estimate of drug-likeness (QED) is 0.753. The Morgan fingerprint density at radius 3 is 2.29 bits per heavy atom. The van der Waals surface area contributed by atoms with E-state index in [-0.39, 0.29) is 10.9 Å². The molecule has 1 heterocycles. The summed E-state index contributed by atoms with van der Waals surface area (Å²) in [4.78, 5) is 15.6. The topological polar surface area (TPSA) is 51.2 Å². The van der Waals surface area contributed by atoms with E-state index >= 15 is 0 Å². The summed E-state index contributed by atoms with van der Waals surface area (Å²) in [6.07, 6.45) is -7.33. The minimum atomic E-state index is -3.14. The molecule has 8 heteroatoms. The highest BCUT2D eigenvalue weighted by atomic mass is 19.3. The van der Waals surface area contributed by atoms with Crippen LogP contribution in [-0.2, 0) is 4.74 Å². The van der Waals surface area contributed by atoms with Gasteiger partial charge in [-0.1, -0.05) is 18.2 Å². The second-order valence-electron chi connectivity index (χ2n) is 6.03. The average molecular weight is 344 g/mol. The molecule has 0 saturated heterocycles. The van der Waals surface area contributed by atoms with Crippen molar-refractivity contribution in [3.63, 3.8) is 0 Å². The Morgan fingerprint density at radius 2 is 1.75 bits per heavy atom. The number of hydrogen-bond donors (Lipinski definition) is 1. The summed E-state index contributed by atoms with van der Waals surface area (Å²) in [6, 6.07) is 5.67. The third-order valence-corrected chi connectivity index (χ3v) is 3.01. The first kappa shape index (κ1) is 18.0. The van der Waals surface area contributed by atoms with Gasteiger partial charge in [-0.05, 0) is 26.8 Å². The van der Waals surface area contributed by atoms with E-state index in [1.165, 1.54) is 24.3 Å². The van der Waals surface area contributed by atoms with Gasteiger partial charge in [-0.2, -0.15) is 0 Å². The molecule has 1 aromatic carbocycles. The SMILES string of the molecule is CC(C)(C)OC(=O)Nc1c(C(F)F)nc2ccccc2c1C(F)F. The normalized spacial score (nSPS) is 12.0. The van der Waals surface area contributed by atoms with Gasteiger partial charge in [-0.15, -0.1) is 0 Å². The van der Waals surface area contributed by atoms with Crippen molar-refractivity contribution < 1.29 is 27.1 Å². The number of amides is 1. The smallest absolute Gasteiger partial charge is 0.412 e. The molecule has 130 valence electrons. The van der Waals surface area contributed by atoms with Crippen molar-refractivity contribution in [1.82, 2.24) is 4.98 Å². The molecule has 2 rings (SSSR count). The van der Waals surface area contributed by atoms with Gasteiger partial charge in [0.05, 0.1) is 16.8 Å². The first-order chi connectivity index (χ1) is 11.1. The van der Waals surface area contributed by atoms with Gasteiger partial charge in [0.1, 0.15) is 11.3 Å². The molecule has 0 atom stereocenters. The van der Waals surface area contributed by atoms with Gasteiger partial charge in [0.25, 0.3) is 12.9 Å². The lowest BCUT2D eigenvalue weighted by molar-refractivity contribution is 0.0634. The number of nitrogens with zero attached hydrogens (tertiary/aromatic N) is 1. The van der Waals surface area contributed by atoms with Crippen LogP contribution < -0.4 is 5.32 Å². The molecule has 1 N–H and O–H groups in total. The number of anilines is 1. The Labute approximate surface area is 135 Å². The zero-order valence-corrected chi connectivity index (χ0v) is 13.2. The largest absolute Gasteiger partial charge is 0.444 e. The lowest BCUT2D eigenvalue weighted by Crippen LogP contribution is -2.28. The third-order valence-electron chi connectivity index (χ3n) is 3.01. The Morgan fingerprint density at radius 1 is 1.12 bits per heavy atom. The van der Waals surface area contributed by atoms with Crippen molar-refractivity contribution in [1.29, 1.82) is 0 Å². The zero-order chi connectivity index (χ0) is 18.1. The number of ether oxygens (including phenoxy) is 1. The molecule has 0 bridgehead atoms. The van der Waals surface area contributed by atoms with Crippen LogP contribution >= 0.6 is 0 Å². The fraction of sp³-hybridized carbons (Fsp3) is 0.375. The highest BCUT2D eigenvalue weighted by Gasteiger charge is 2.28. The van der Waals surface area contributed by atoms with E-state index in [9.17, 15) is 22.4 Å². The summed E-state index contributed by atoms with van der Waals surface area (Å²) in [7, 11) is 0. The predicted molar refractivity (Wildman–Crippen MR) is 81.5 cm³/mol. The lowest BCUT2D eigenvalue weighted by Gasteiger charge is -2.22. The van der Waals surface area contributed by atoms with Gasteiger partial charge in [0, 0.05) is 5.39 Å². The van der Waals surface area contributed by atoms with Gasteiger partial charge in [0.2, 0.25) is 0 Å². The van der Waals surface area contributed by atoms with Gasteiger partial charge >= 0.3 is 6.09 Å². The predicted octanol–water partition coefficient (Wildman–Crippen LogP) is 5.46. The molecule has 0 aliphatic carbocycles. The number of fused-ring (bicyclic) bond motifs is 1. The fourth-order valence-electron chi connectivity index (χ4n) is 2.18. The summed E-state index contributed by atoms with van der Waals surface area (Å²) in [5.74, 6) is 0. The number of carbonyl (C=O) groups is 1. The highest BCUT2D eigenvalue weighted by Crippen LogP contribution is 2.39. The van der Waals surface area contributed by atoms with Gasteiger partial charge < -0.3 is 4.74 Å². The van der Waals surface area contributed by atoms with E-state index in [0.717, 1.165) is 0 Å². The highest BCUT2D eigenvalue weighted by molar-refractivity contribution is 5.94. The van der Waals surface area contributed by atoms with Crippen LogP contribution in [0.2, 0.25) is 0 Å². The van der Waals surface area contributed by atoms with Crippen molar-refractivity contribution in [2.75, 3.05) is 5.32 Å². The Balaban J connectivity index is 2.62. The van der Waals surface area contributed by atoms with Crippen molar-refractivity contribution >= 4 is 22.7 Å². The van der Waals surface area contributed by atoms with Crippen molar-refractivity contribution in [3.8, 4) is 0 Å². The molecular weight excluding hydrogens is 328 g/mol. The number of hydrogen-bond acceptors (Lipinski definition) is 3. The number of halogens is 4. The lowest BCUT2D eigenvalue weighted by atomic mass is 10.0. The number of rotatable bonds is 3. The molecule has 24 heavy (non-hydrogen) atoms. The second kappa shape index (κ2) is 6.62. The number of aromatic nitrogens is 1. The molecule has 0 saturated carbocycles. The van der Waals surface area contributed by atoms with Crippen molar-refractivity contribution in [3.05, 3.63) is 35.5 Å². The summed E-state index contributed by atoms with van der Waals surface area (Å²) in [5.41, 5.74) is -3.26. The molecule has 0 spiro atoms.